The van der Waals surface area contributed by atoms with Crippen molar-refractivity contribution in [2.24, 2.45) is 5.92 Å². The summed E-state index contributed by atoms with van der Waals surface area (Å²) >= 11 is 0. The van der Waals surface area contributed by atoms with E-state index in [4.69, 9.17) is 0 Å². The number of hydrogen-bond donors (Lipinski definition) is 1. The van der Waals surface area contributed by atoms with Crippen molar-refractivity contribution in [3.63, 3.8) is 0 Å². The molecule has 0 amide bonds. The molecule has 12 heavy (non-hydrogen) atoms. The largest absolute Gasteiger partial charge is 0.316 e. The van der Waals surface area contributed by atoms with Crippen molar-refractivity contribution in [2.75, 3.05) is 26.2 Å². The van der Waals surface area contributed by atoms with Crippen LogP contribution in [0.2, 0.25) is 0 Å². The van der Waals surface area contributed by atoms with E-state index in [1.54, 1.807) is 0 Å². The van der Waals surface area contributed by atoms with Crippen molar-refractivity contribution in [1.29, 1.82) is 0 Å². The standard InChI is InChI=1S/C10H20N2/c1-2-6-12-7-4-9-8-11-5-3-10(9)12/h9-11H,2-8H2,1H3. The summed E-state index contributed by atoms with van der Waals surface area (Å²) in [6, 6.07) is 0.922. The van der Waals surface area contributed by atoms with Gasteiger partial charge < -0.3 is 10.2 Å². The summed E-state index contributed by atoms with van der Waals surface area (Å²) in [6.07, 6.45) is 4.12. The molecule has 1 N–H and O–H groups in total. The molecule has 0 aromatic heterocycles. The molecule has 0 aliphatic carbocycles. The van der Waals surface area contributed by atoms with Gasteiger partial charge in [0.25, 0.3) is 0 Å². The summed E-state index contributed by atoms with van der Waals surface area (Å²) in [7, 11) is 0. The first-order valence-electron chi connectivity index (χ1n) is 5.36. The van der Waals surface area contributed by atoms with Crippen LogP contribution in [0.4, 0.5) is 0 Å². The van der Waals surface area contributed by atoms with Gasteiger partial charge in [0.2, 0.25) is 0 Å². The first kappa shape index (κ1) is 8.52. The minimum Gasteiger partial charge on any atom is -0.316 e. The first-order valence-corrected chi connectivity index (χ1v) is 5.36. The fraction of sp³-hybridized carbons (Fsp3) is 1.00. The van der Waals surface area contributed by atoms with E-state index in [-0.39, 0.29) is 0 Å². The van der Waals surface area contributed by atoms with Crippen LogP contribution in [0.5, 0.6) is 0 Å². The van der Waals surface area contributed by atoms with Gasteiger partial charge in [-0.25, -0.2) is 0 Å². The molecule has 0 saturated carbocycles. The third-order valence-corrected chi connectivity index (χ3v) is 3.33. The molecule has 2 unspecified atom stereocenters. The van der Waals surface area contributed by atoms with E-state index in [1.165, 1.54) is 45.4 Å². The summed E-state index contributed by atoms with van der Waals surface area (Å²) in [5.74, 6) is 0.963. The molecule has 0 aromatic rings. The lowest BCUT2D eigenvalue weighted by atomic mass is 9.94. The number of fused-ring (bicyclic) bond motifs is 1. The minimum atomic E-state index is 0.922. The molecule has 2 rings (SSSR count). The van der Waals surface area contributed by atoms with Crippen LogP contribution >= 0.6 is 0 Å². The van der Waals surface area contributed by atoms with Gasteiger partial charge in [-0.2, -0.15) is 0 Å². The molecule has 0 bridgehead atoms. The van der Waals surface area contributed by atoms with Crippen molar-refractivity contribution in [2.45, 2.75) is 32.2 Å². The van der Waals surface area contributed by atoms with Gasteiger partial charge in [-0.3, -0.25) is 0 Å². The Morgan fingerprint density at radius 1 is 1.42 bits per heavy atom. The predicted octanol–water partition coefficient (Wildman–Crippen LogP) is 1.08. The summed E-state index contributed by atoms with van der Waals surface area (Å²) in [6.45, 7) is 7.46. The van der Waals surface area contributed by atoms with Crippen molar-refractivity contribution >= 4 is 0 Å². The Morgan fingerprint density at radius 3 is 3.17 bits per heavy atom. The topological polar surface area (TPSA) is 15.3 Å². The number of likely N-dealkylation sites (tertiary alicyclic amines) is 1. The zero-order valence-corrected chi connectivity index (χ0v) is 8.05. The summed E-state index contributed by atoms with van der Waals surface area (Å²) in [5.41, 5.74) is 0. The van der Waals surface area contributed by atoms with E-state index in [9.17, 15) is 0 Å². The monoisotopic (exact) mass is 168 g/mol. The molecule has 2 atom stereocenters. The molecule has 0 radical (unpaired) electrons. The van der Waals surface area contributed by atoms with Gasteiger partial charge in [-0.1, -0.05) is 6.92 Å². The van der Waals surface area contributed by atoms with E-state index in [1.807, 2.05) is 0 Å². The lowest BCUT2D eigenvalue weighted by Gasteiger charge is -2.31. The van der Waals surface area contributed by atoms with Crippen LogP contribution in [-0.4, -0.2) is 37.1 Å². The third kappa shape index (κ3) is 1.50. The average molecular weight is 168 g/mol. The summed E-state index contributed by atoms with van der Waals surface area (Å²) < 4.78 is 0. The maximum Gasteiger partial charge on any atom is 0.0148 e. The van der Waals surface area contributed by atoms with Crippen molar-refractivity contribution in [3.8, 4) is 0 Å². The second-order valence-corrected chi connectivity index (χ2v) is 4.14. The molecule has 2 aliphatic rings. The Morgan fingerprint density at radius 2 is 2.33 bits per heavy atom. The normalized spacial score (nSPS) is 36.8. The second-order valence-electron chi connectivity index (χ2n) is 4.14. The molecule has 70 valence electrons. The number of rotatable bonds is 2. The SMILES string of the molecule is CCCN1CCC2CNCCC21. The Balaban J connectivity index is 1.92. The Kier molecular flexibility index (Phi) is 2.66. The predicted molar refractivity (Wildman–Crippen MR) is 51.2 cm³/mol. The highest BCUT2D eigenvalue weighted by Gasteiger charge is 2.34. The van der Waals surface area contributed by atoms with Crippen LogP contribution in [0.15, 0.2) is 0 Å². The molecule has 2 saturated heterocycles. The molecule has 0 spiro atoms. The van der Waals surface area contributed by atoms with Gasteiger partial charge in [-0.15, -0.1) is 0 Å². The van der Waals surface area contributed by atoms with Crippen molar-refractivity contribution in [3.05, 3.63) is 0 Å². The molecule has 2 fully saturated rings. The highest BCUT2D eigenvalue weighted by Crippen LogP contribution is 2.28. The molecule has 0 aromatic carbocycles. The van der Waals surface area contributed by atoms with Crippen LogP contribution in [0.25, 0.3) is 0 Å². The Bertz CT molecular complexity index is 147. The maximum atomic E-state index is 3.49. The lowest BCUT2D eigenvalue weighted by molar-refractivity contribution is 0.191. The second kappa shape index (κ2) is 3.75. The number of nitrogens with one attached hydrogen (secondary N) is 1. The fourth-order valence-corrected chi connectivity index (χ4v) is 2.75. The van der Waals surface area contributed by atoms with Gasteiger partial charge in [-0.05, 0) is 51.4 Å². The zero-order valence-electron chi connectivity index (χ0n) is 8.05. The maximum absolute atomic E-state index is 3.49. The average Bonchev–Trinajstić information content (AvgIpc) is 2.50. The van der Waals surface area contributed by atoms with E-state index >= 15 is 0 Å². The molecule has 2 nitrogen and oxygen atoms in total. The van der Waals surface area contributed by atoms with Crippen LogP contribution in [0.3, 0.4) is 0 Å². The van der Waals surface area contributed by atoms with Crippen molar-refractivity contribution < 1.29 is 0 Å². The zero-order chi connectivity index (χ0) is 8.39. The fourth-order valence-electron chi connectivity index (χ4n) is 2.75. The molecule has 2 heterocycles. The Labute approximate surface area is 75.3 Å². The van der Waals surface area contributed by atoms with Crippen LogP contribution in [0.1, 0.15) is 26.2 Å². The van der Waals surface area contributed by atoms with E-state index < -0.39 is 0 Å². The van der Waals surface area contributed by atoms with Gasteiger partial charge in [0, 0.05) is 6.04 Å². The summed E-state index contributed by atoms with van der Waals surface area (Å²) in [5, 5.41) is 3.49. The minimum absolute atomic E-state index is 0.922. The number of piperidine rings is 1. The molecular weight excluding hydrogens is 148 g/mol. The quantitative estimate of drug-likeness (QED) is 0.664. The van der Waals surface area contributed by atoms with Crippen molar-refractivity contribution in [1.82, 2.24) is 10.2 Å². The van der Waals surface area contributed by atoms with Crippen LogP contribution in [0, 0.1) is 5.92 Å². The van der Waals surface area contributed by atoms with Crippen LogP contribution < -0.4 is 5.32 Å². The number of hydrogen-bond acceptors (Lipinski definition) is 2. The molecule has 2 heteroatoms. The smallest absolute Gasteiger partial charge is 0.0148 e. The number of nitrogens with zero attached hydrogens (tertiary/aromatic N) is 1. The summed E-state index contributed by atoms with van der Waals surface area (Å²) in [4.78, 5) is 2.70. The van der Waals surface area contributed by atoms with Crippen LogP contribution in [-0.2, 0) is 0 Å². The van der Waals surface area contributed by atoms with Gasteiger partial charge >= 0.3 is 0 Å². The first-order chi connectivity index (χ1) is 5.92. The van der Waals surface area contributed by atoms with E-state index in [2.05, 4.69) is 17.1 Å². The van der Waals surface area contributed by atoms with Gasteiger partial charge in [0.15, 0.2) is 0 Å². The highest BCUT2D eigenvalue weighted by molar-refractivity contribution is 4.91. The molecule has 2 aliphatic heterocycles. The van der Waals surface area contributed by atoms with Gasteiger partial charge in [0.1, 0.15) is 0 Å². The van der Waals surface area contributed by atoms with Gasteiger partial charge in [0.05, 0.1) is 0 Å². The van der Waals surface area contributed by atoms with E-state index in [0.717, 1.165) is 12.0 Å². The molecular formula is C10H20N2. The Hall–Kier alpha value is -0.0800. The van der Waals surface area contributed by atoms with E-state index in [0.29, 0.717) is 0 Å². The lowest BCUT2D eigenvalue weighted by Crippen LogP contribution is -2.43. The third-order valence-electron chi connectivity index (χ3n) is 3.33. The highest BCUT2D eigenvalue weighted by atomic mass is 15.2.